The third kappa shape index (κ3) is 6.27. The number of hydrogen-bond donors (Lipinski definition) is 0. The number of nitrogens with zero attached hydrogens (tertiary/aromatic N) is 2. The van der Waals surface area contributed by atoms with E-state index < -0.39 is 19.9 Å². The fourth-order valence-electron chi connectivity index (χ4n) is 2.72. The summed E-state index contributed by atoms with van der Waals surface area (Å²) < 4.78 is 56.5. The molecule has 1 heterocycles. The van der Waals surface area contributed by atoms with Gasteiger partial charge in [-0.05, 0) is 24.1 Å². The summed E-state index contributed by atoms with van der Waals surface area (Å²) in [6.45, 7) is 1.26. The highest BCUT2D eigenvalue weighted by molar-refractivity contribution is 7.90. The molecule has 27 heavy (non-hydrogen) atoms. The molecule has 2 rings (SSSR count). The van der Waals surface area contributed by atoms with E-state index in [-0.39, 0.29) is 48.2 Å². The molecule has 0 aromatic heterocycles. The van der Waals surface area contributed by atoms with Crippen LogP contribution in [0.15, 0.2) is 29.2 Å². The smallest absolute Gasteiger partial charge is 0.243 e. The molecule has 1 aliphatic heterocycles. The van der Waals surface area contributed by atoms with E-state index >= 15 is 0 Å². The minimum Gasteiger partial charge on any atom is -0.379 e. The SMILES string of the molecule is CN(C)C(=O)CCCS(=O)(=O)Cc1cccc(S(=O)(=O)N2CCOCC2)c1. The molecule has 0 spiro atoms. The zero-order valence-corrected chi connectivity index (χ0v) is 17.3. The van der Waals surface area contributed by atoms with E-state index in [0.717, 1.165) is 0 Å². The van der Waals surface area contributed by atoms with Crippen molar-refractivity contribution in [2.75, 3.05) is 46.2 Å². The Kier molecular flexibility index (Phi) is 7.38. The van der Waals surface area contributed by atoms with Gasteiger partial charge in [-0.1, -0.05) is 12.1 Å². The maximum atomic E-state index is 12.7. The molecule has 10 heteroatoms. The molecule has 0 aliphatic carbocycles. The van der Waals surface area contributed by atoms with Gasteiger partial charge in [0.05, 0.1) is 29.6 Å². The molecular formula is C17H26N2O6S2. The Morgan fingerprint density at radius 1 is 1.15 bits per heavy atom. The standard InChI is InChI=1S/C17H26N2O6S2/c1-18(2)17(20)7-4-12-26(21,22)14-15-5-3-6-16(13-15)27(23,24)19-8-10-25-11-9-19/h3,5-6,13H,4,7-12,14H2,1-2H3. The summed E-state index contributed by atoms with van der Waals surface area (Å²) in [6.07, 6.45) is 0.406. The van der Waals surface area contributed by atoms with E-state index in [1.165, 1.54) is 21.3 Å². The first-order valence-corrected chi connectivity index (χ1v) is 12.0. The highest BCUT2D eigenvalue weighted by Gasteiger charge is 2.26. The zero-order chi connectivity index (χ0) is 20.1. The lowest BCUT2D eigenvalue weighted by molar-refractivity contribution is -0.128. The Labute approximate surface area is 161 Å². The van der Waals surface area contributed by atoms with Crippen LogP contribution in [0, 0.1) is 0 Å². The van der Waals surface area contributed by atoms with Crippen molar-refractivity contribution in [3.8, 4) is 0 Å². The van der Waals surface area contributed by atoms with Crippen LogP contribution >= 0.6 is 0 Å². The van der Waals surface area contributed by atoms with Crippen LogP contribution in [-0.4, -0.2) is 78.1 Å². The van der Waals surface area contributed by atoms with Crippen LogP contribution in [0.4, 0.5) is 0 Å². The van der Waals surface area contributed by atoms with Crippen molar-refractivity contribution in [2.45, 2.75) is 23.5 Å². The van der Waals surface area contributed by atoms with Crippen LogP contribution in [0.3, 0.4) is 0 Å². The van der Waals surface area contributed by atoms with Gasteiger partial charge in [-0.15, -0.1) is 0 Å². The Morgan fingerprint density at radius 3 is 2.44 bits per heavy atom. The molecule has 1 aliphatic rings. The fourth-order valence-corrected chi connectivity index (χ4v) is 5.62. The van der Waals surface area contributed by atoms with Crippen molar-refractivity contribution < 1.29 is 26.4 Å². The summed E-state index contributed by atoms with van der Waals surface area (Å²) >= 11 is 0. The van der Waals surface area contributed by atoms with Gasteiger partial charge in [0.2, 0.25) is 15.9 Å². The Hall–Kier alpha value is -1.49. The Morgan fingerprint density at radius 2 is 1.81 bits per heavy atom. The highest BCUT2D eigenvalue weighted by atomic mass is 32.2. The largest absolute Gasteiger partial charge is 0.379 e. The Bertz CT molecular complexity index is 859. The van der Waals surface area contributed by atoms with Gasteiger partial charge >= 0.3 is 0 Å². The molecule has 1 amide bonds. The van der Waals surface area contributed by atoms with Crippen LogP contribution in [-0.2, 0) is 35.1 Å². The first-order chi connectivity index (χ1) is 12.6. The quantitative estimate of drug-likeness (QED) is 0.609. The summed E-state index contributed by atoms with van der Waals surface area (Å²) in [5.74, 6) is -0.494. The van der Waals surface area contributed by atoms with Crippen LogP contribution < -0.4 is 0 Å². The minimum absolute atomic E-state index is 0.0832. The second-order valence-corrected chi connectivity index (χ2v) is 10.8. The third-order valence-corrected chi connectivity index (χ3v) is 7.82. The molecule has 0 N–H and O–H groups in total. The number of benzene rings is 1. The van der Waals surface area contributed by atoms with E-state index in [4.69, 9.17) is 4.74 Å². The average molecular weight is 419 g/mol. The maximum Gasteiger partial charge on any atom is 0.243 e. The van der Waals surface area contributed by atoms with Crippen molar-refractivity contribution in [2.24, 2.45) is 0 Å². The lowest BCUT2D eigenvalue weighted by Gasteiger charge is -2.26. The summed E-state index contributed by atoms with van der Waals surface area (Å²) in [5, 5.41) is 0. The van der Waals surface area contributed by atoms with E-state index in [0.29, 0.717) is 18.8 Å². The minimum atomic E-state index is -3.67. The van der Waals surface area contributed by atoms with Crippen molar-refractivity contribution in [1.29, 1.82) is 0 Å². The van der Waals surface area contributed by atoms with Gasteiger partial charge in [0.15, 0.2) is 9.84 Å². The molecule has 0 unspecified atom stereocenters. The van der Waals surface area contributed by atoms with Gasteiger partial charge in [-0.2, -0.15) is 4.31 Å². The van der Waals surface area contributed by atoms with Crippen LogP contribution in [0.5, 0.6) is 0 Å². The van der Waals surface area contributed by atoms with E-state index in [2.05, 4.69) is 0 Å². The first-order valence-electron chi connectivity index (χ1n) is 8.69. The molecule has 0 atom stereocenters. The van der Waals surface area contributed by atoms with Gasteiger partial charge < -0.3 is 9.64 Å². The molecule has 1 fully saturated rings. The molecule has 8 nitrogen and oxygen atoms in total. The van der Waals surface area contributed by atoms with Crippen molar-refractivity contribution in [1.82, 2.24) is 9.21 Å². The maximum absolute atomic E-state index is 12.7. The number of rotatable bonds is 8. The number of morpholine rings is 1. The summed E-state index contributed by atoms with van der Waals surface area (Å²) in [5.41, 5.74) is 0.420. The molecular weight excluding hydrogens is 392 g/mol. The first kappa shape index (κ1) is 21.8. The number of ether oxygens (including phenoxy) is 1. The zero-order valence-electron chi connectivity index (χ0n) is 15.6. The molecule has 0 bridgehead atoms. The van der Waals surface area contributed by atoms with Crippen molar-refractivity contribution in [3.63, 3.8) is 0 Å². The third-order valence-electron chi connectivity index (χ3n) is 4.24. The van der Waals surface area contributed by atoms with Crippen LogP contribution in [0.2, 0.25) is 0 Å². The molecule has 1 saturated heterocycles. The molecule has 1 aromatic rings. The van der Waals surface area contributed by atoms with Crippen LogP contribution in [0.1, 0.15) is 18.4 Å². The van der Waals surface area contributed by atoms with E-state index in [1.54, 1.807) is 26.2 Å². The van der Waals surface area contributed by atoms with Crippen LogP contribution in [0.25, 0.3) is 0 Å². The van der Waals surface area contributed by atoms with Gasteiger partial charge in [0, 0.05) is 33.6 Å². The number of amides is 1. The number of carbonyl (C=O) groups excluding carboxylic acids is 1. The summed E-state index contributed by atoms with van der Waals surface area (Å²) in [6, 6.07) is 6.03. The topological polar surface area (TPSA) is 101 Å². The fraction of sp³-hybridized carbons (Fsp3) is 0.588. The molecule has 0 saturated carbocycles. The predicted molar refractivity (Wildman–Crippen MR) is 101 cm³/mol. The highest BCUT2D eigenvalue weighted by Crippen LogP contribution is 2.20. The van der Waals surface area contributed by atoms with Crippen molar-refractivity contribution in [3.05, 3.63) is 29.8 Å². The molecule has 152 valence electrons. The van der Waals surface area contributed by atoms with E-state index in [1.807, 2.05) is 0 Å². The van der Waals surface area contributed by atoms with Crippen molar-refractivity contribution >= 4 is 25.8 Å². The summed E-state index contributed by atoms with van der Waals surface area (Å²) in [4.78, 5) is 13.0. The average Bonchev–Trinajstić information content (AvgIpc) is 2.62. The summed E-state index contributed by atoms with van der Waals surface area (Å²) in [7, 11) is -3.87. The Balaban J connectivity index is 2.05. The monoisotopic (exact) mass is 418 g/mol. The molecule has 1 aromatic carbocycles. The second-order valence-electron chi connectivity index (χ2n) is 6.65. The van der Waals surface area contributed by atoms with Gasteiger partial charge in [-0.3, -0.25) is 4.79 Å². The number of hydrogen-bond acceptors (Lipinski definition) is 6. The second kappa shape index (κ2) is 9.13. The number of sulfonamides is 1. The normalized spacial score (nSPS) is 16.2. The lowest BCUT2D eigenvalue weighted by Crippen LogP contribution is -2.40. The molecule has 0 radical (unpaired) electrons. The van der Waals surface area contributed by atoms with Gasteiger partial charge in [0.25, 0.3) is 0 Å². The van der Waals surface area contributed by atoms with Gasteiger partial charge in [-0.25, -0.2) is 16.8 Å². The lowest BCUT2D eigenvalue weighted by atomic mass is 10.2. The van der Waals surface area contributed by atoms with E-state index in [9.17, 15) is 21.6 Å². The number of carbonyl (C=O) groups is 1. The van der Waals surface area contributed by atoms with Gasteiger partial charge in [0.1, 0.15) is 0 Å². The predicted octanol–water partition coefficient (Wildman–Crippen LogP) is 0.491. The number of sulfone groups is 1.